The highest BCUT2D eigenvalue weighted by Crippen LogP contribution is 2.41. The quantitative estimate of drug-likeness (QED) is 0.0909. The molecule has 0 aliphatic heterocycles. The van der Waals surface area contributed by atoms with E-state index in [4.69, 9.17) is 27.8 Å². The summed E-state index contributed by atoms with van der Waals surface area (Å²) in [5.41, 5.74) is 13.5. The smallest absolute Gasteiger partial charge is 0.258 e. The summed E-state index contributed by atoms with van der Waals surface area (Å²) < 4.78 is 33.5. The van der Waals surface area contributed by atoms with Gasteiger partial charge >= 0.3 is 0 Å². The Morgan fingerprint density at radius 2 is 0.886 bits per heavy atom. The number of nitriles is 3. The maximum absolute atomic E-state index is 11.5. The van der Waals surface area contributed by atoms with E-state index in [1.807, 2.05) is 90.1 Å². The Kier molecular flexibility index (Phi) is 18.6. The first-order valence-electron chi connectivity index (χ1n) is 29.5. The SMILES string of the molecule is CC(=O)CNC1CCc2c(-c3noc(-c4ccc(OC(C)C)c(C#N)c4)n3)cccc21.CC(=O)NC1CCc2c(-c3noc(-c4ccc(OC(C)C)c(C#N)c4)n3)cccc21.CC(C)Oc1ccc(-c2nc(-c3cccc4c3CCC4C)no2)cc1C#N. The summed E-state index contributed by atoms with van der Waals surface area (Å²) in [7, 11) is 0. The Labute approximate surface area is 510 Å². The fourth-order valence-electron chi connectivity index (χ4n) is 11.3. The van der Waals surface area contributed by atoms with Crippen molar-refractivity contribution < 1.29 is 37.4 Å². The minimum atomic E-state index is -0.0432. The average Bonchev–Trinajstić information content (AvgIpc) is 3.84. The zero-order valence-corrected chi connectivity index (χ0v) is 50.6. The average molecular weight is 1180 g/mol. The number of nitrogens with zero attached hydrogens (tertiary/aromatic N) is 9. The second-order valence-corrected chi connectivity index (χ2v) is 22.8. The Morgan fingerprint density at radius 3 is 1.26 bits per heavy atom. The molecule has 3 heterocycles. The predicted octanol–water partition coefficient (Wildman–Crippen LogP) is 13.5. The second kappa shape index (κ2) is 27.0. The predicted molar refractivity (Wildman–Crippen MR) is 328 cm³/mol. The van der Waals surface area contributed by atoms with Gasteiger partial charge in [-0.25, -0.2) is 0 Å². The van der Waals surface area contributed by atoms with Gasteiger partial charge in [-0.15, -0.1) is 0 Å². The van der Waals surface area contributed by atoms with Gasteiger partial charge in [-0.3, -0.25) is 9.59 Å². The molecule has 0 saturated carbocycles. The van der Waals surface area contributed by atoms with E-state index in [2.05, 4.69) is 84.4 Å². The number of benzene rings is 6. The summed E-state index contributed by atoms with van der Waals surface area (Å²) in [5.74, 6) is 4.96. The first-order valence-corrected chi connectivity index (χ1v) is 29.5. The van der Waals surface area contributed by atoms with Crippen LogP contribution in [0.5, 0.6) is 17.2 Å². The number of nitrogens with one attached hydrogen (secondary N) is 2. The molecule has 446 valence electrons. The minimum absolute atomic E-state index is 0.000486. The van der Waals surface area contributed by atoms with E-state index in [0.717, 1.165) is 66.3 Å². The van der Waals surface area contributed by atoms with Crippen LogP contribution in [-0.4, -0.2) is 67.0 Å². The van der Waals surface area contributed by atoms with Crippen molar-refractivity contribution in [3.63, 3.8) is 0 Å². The van der Waals surface area contributed by atoms with Crippen LogP contribution in [0.15, 0.2) is 123 Å². The summed E-state index contributed by atoms with van der Waals surface area (Å²) in [4.78, 5) is 36.6. The van der Waals surface area contributed by atoms with Gasteiger partial charge in [-0.05, 0) is 181 Å². The Balaban J connectivity index is 0.000000146. The molecule has 12 rings (SSSR count). The molecule has 19 heteroatoms. The first kappa shape index (κ1) is 60.8. The van der Waals surface area contributed by atoms with E-state index in [1.54, 1.807) is 49.4 Å². The molecular formula is C69H67N11O8. The van der Waals surface area contributed by atoms with Crippen molar-refractivity contribution >= 4 is 11.7 Å². The van der Waals surface area contributed by atoms with Crippen molar-refractivity contribution in [2.75, 3.05) is 6.54 Å². The van der Waals surface area contributed by atoms with Crippen LogP contribution < -0.4 is 24.8 Å². The van der Waals surface area contributed by atoms with Gasteiger partial charge in [-0.1, -0.05) is 77.0 Å². The van der Waals surface area contributed by atoms with Crippen molar-refractivity contribution in [1.82, 2.24) is 41.1 Å². The molecule has 0 bridgehead atoms. The van der Waals surface area contributed by atoms with Crippen LogP contribution in [0.3, 0.4) is 0 Å². The second-order valence-electron chi connectivity index (χ2n) is 22.8. The number of hydrogen-bond acceptors (Lipinski definition) is 18. The van der Waals surface area contributed by atoms with Gasteiger partial charge in [-0.2, -0.15) is 30.7 Å². The van der Waals surface area contributed by atoms with Gasteiger partial charge in [0.1, 0.15) is 41.2 Å². The summed E-state index contributed by atoms with van der Waals surface area (Å²) in [6, 6.07) is 40.8. The van der Waals surface area contributed by atoms with Gasteiger partial charge in [0, 0.05) is 46.3 Å². The topological polar surface area (TPSA) is 274 Å². The molecule has 3 aliphatic carbocycles. The third kappa shape index (κ3) is 13.7. The first-order chi connectivity index (χ1) is 42.5. The molecule has 0 spiro atoms. The van der Waals surface area contributed by atoms with Crippen molar-refractivity contribution in [1.29, 1.82) is 15.8 Å². The number of ether oxygens (including phenoxy) is 3. The molecule has 1 amide bonds. The van der Waals surface area contributed by atoms with Crippen LogP contribution in [0.1, 0.15) is 150 Å². The molecule has 9 aromatic rings. The lowest BCUT2D eigenvalue weighted by Crippen LogP contribution is -2.24. The van der Waals surface area contributed by atoms with Crippen LogP contribution in [0.2, 0.25) is 0 Å². The van der Waals surface area contributed by atoms with Crippen molar-refractivity contribution in [3.8, 4) is 104 Å². The standard InChI is InChI=1S/C24H24N4O3.C23H22N4O3.C22H21N3O2/c1-14(2)30-22-10-7-16(11-17(22)12-25)24-27-23(28-31-24)20-6-4-5-19-18(20)8-9-21(19)26-13-15(3)29;1-13(2)29-21-10-7-15(11-16(21)12-24)23-26-22(27-30-23)19-6-4-5-18-17(19)8-9-20(18)25-14(3)28;1-13(2)26-20-10-8-15(11-16(20)12-23)22-24-21(25-27-22)19-6-4-5-17-14(3)7-9-18(17)19/h4-7,10-11,14,21,26H,8-9,13H2,1-3H3;4-7,10-11,13,20H,8-9H2,1-3H3,(H,25,28);4-6,8,10-11,13-14H,7,9H2,1-3H3. The van der Waals surface area contributed by atoms with Crippen LogP contribution in [0, 0.1) is 34.0 Å². The molecule has 3 unspecified atom stereocenters. The van der Waals surface area contributed by atoms with Crippen molar-refractivity contribution in [3.05, 3.63) is 159 Å². The fraction of sp³-hybridized carbons (Fsp3) is 0.319. The van der Waals surface area contributed by atoms with E-state index in [9.17, 15) is 25.4 Å². The van der Waals surface area contributed by atoms with E-state index in [1.165, 1.54) is 29.2 Å². The monoisotopic (exact) mass is 1180 g/mol. The minimum Gasteiger partial charge on any atom is -0.490 e. The van der Waals surface area contributed by atoms with Crippen LogP contribution >= 0.6 is 0 Å². The normalized spacial score (nSPS) is 15.2. The molecule has 2 N–H and O–H groups in total. The van der Waals surface area contributed by atoms with Gasteiger partial charge < -0.3 is 38.4 Å². The van der Waals surface area contributed by atoms with Gasteiger partial charge in [0.2, 0.25) is 23.4 Å². The Hall–Kier alpha value is -10.3. The summed E-state index contributed by atoms with van der Waals surface area (Å²) >= 11 is 0. The van der Waals surface area contributed by atoms with Crippen LogP contribution in [0.4, 0.5) is 0 Å². The van der Waals surface area contributed by atoms with Gasteiger partial charge in [0.15, 0.2) is 0 Å². The maximum Gasteiger partial charge on any atom is 0.258 e. The molecule has 3 aliphatic rings. The van der Waals surface area contributed by atoms with Gasteiger partial charge in [0.25, 0.3) is 17.7 Å². The summed E-state index contributed by atoms with van der Waals surface area (Å²) in [6.07, 6.45) is 5.62. The molecule has 3 atom stereocenters. The van der Waals surface area contributed by atoms with Crippen LogP contribution in [0.25, 0.3) is 68.5 Å². The zero-order chi connectivity index (χ0) is 62.2. The molecule has 0 fully saturated rings. The number of fused-ring (bicyclic) bond motifs is 3. The molecule has 0 saturated heterocycles. The molecule has 3 aromatic heterocycles. The lowest BCUT2D eigenvalue weighted by atomic mass is 9.99. The van der Waals surface area contributed by atoms with Gasteiger partial charge in [0.05, 0.1) is 47.6 Å². The van der Waals surface area contributed by atoms with Crippen molar-refractivity contribution in [2.24, 2.45) is 0 Å². The third-order valence-electron chi connectivity index (χ3n) is 15.2. The molecule has 0 radical (unpaired) electrons. The third-order valence-corrected chi connectivity index (χ3v) is 15.2. The number of ketones is 1. The number of carbonyl (C=O) groups excluding carboxylic acids is 2. The van der Waals surface area contributed by atoms with E-state index in [-0.39, 0.29) is 42.1 Å². The summed E-state index contributed by atoms with van der Waals surface area (Å²) in [5, 5.41) is 47.2. The zero-order valence-electron chi connectivity index (χ0n) is 50.6. The highest BCUT2D eigenvalue weighted by Gasteiger charge is 2.30. The number of amides is 1. The Morgan fingerprint density at radius 1 is 0.523 bits per heavy atom. The molecular weight excluding hydrogens is 1110 g/mol. The summed E-state index contributed by atoms with van der Waals surface area (Å²) in [6.45, 7) is 17.2. The molecule has 19 nitrogen and oxygen atoms in total. The number of hydrogen-bond donors (Lipinski definition) is 2. The largest absolute Gasteiger partial charge is 0.490 e. The number of Topliss-reactive ketones (excluding diaryl/α,β-unsaturated/α-hetero) is 1. The van der Waals surface area contributed by atoms with Crippen molar-refractivity contribution in [2.45, 2.75) is 137 Å². The molecule has 88 heavy (non-hydrogen) atoms. The number of aromatic nitrogens is 6. The number of rotatable bonds is 16. The maximum atomic E-state index is 11.5. The Bertz CT molecular complexity index is 4180. The van der Waals surface area contributed by atoms with E-state index in [0.29, 0.717) is 98.2 Å². The lowest BCUT2D eigenvalue weighted by Gasteiger charge is -2.13. The highest BCUT2D eigenvalue weighted by molar-refractivity contribution is 5.78. The fourth-order valence-corrected chi connectivity index (χ4v) is 11.3. The highest BCUT2D eigenvalue weighted by atomic mass is 16.5. The lowest BCUT2D eigenvalue weighted by molar-refractivity contribution is -0.119. The van der Waals surface area contributed by atoms with E-state index < -0.39 is 0 Å². The van der Waals surface area contributed by atoms with Crippen LogP contribution in [-0.2, 0) is 28.9 Å². The van der Waals surface area contributed by atoms with E-state index >= 15 is 0 Å². The number of carbonyl (C=O) groups is 2. The molecule has 6 aromatic carbocycles.